The molecule has 1 fully saturated rings. The van der Waals surface area contributed by atoms with Gasteiger partial charge in [0.15, 0.2) is 0 Å². The second-order valence-electron chi connectivity index (χ2n) is 6.22. The number of hydrogen-bond acceptors (Lipinski definition) is 6. The maximum atomic E-state index is 12.5. The van der Waals surface area contributed by atoms with Crippen LogP contribution in [0.25, 0.3) is 0 Å². The average Bonchev–Trinajstić information content (AvgIpc) is 3.28. The molecule has 1 atom stereocenters. The van der Waals surface area contributed by atoms with Crippen LogP contribution in [0.3, 0.4) is 0 Å². The maximum Gasteiger partial charge on any atom is 0.243 e. The van der Waals surface area contributed by atoms with E-state index in [1.165, 1.54) is 45.9 Å². The zero-order valence-electron chi connectivity index (χ0n) is 14.3. The summed E-state index contributed by atoms with van der Waals surface area (Å²) < 4.78 is 55.4. The number of hydrogen-bond donors (Lipinski definition) is 1. The summed E-state index contributed by atoms with van der Waals surface area (Å²) in [6, 6.07) is 4.89. The summed E-state index contributed by atoms with van der Waals surface area (Å²) in [5, 5.41) is 3.93. The lowest BCUT2D eigenvalue weighted by atomic mass is 10.4. The molecule has 1 N–H and O–H groups in total. The summed E-state index contributed by atoms with van der Waals surface area (Å²) in [5.41, 5.74) is 0. The second kappa shape index (κ2) is 7.43. The summed E-state index contributed by atoms with van der Waals surface area (Å²) in [7, 11) is -7.32. The van der Waals surface area contributed by atoms with Gasteiger partial charge in [-0.25, -0.2) is 26.5 Å². The van der Waals surface area contributed by atoms with Gasteiger partial charge in [-0.1, -0.05) is 0 Å². The lowest BCUT2D eigenvalue weighted by molar-refractivity contribution is 0.477. The van der Waals surface area contributed by atoms with Gasteiger partial charge in [-0.05, 0) is 44.0 Å². The molecular weight excluding hydrogens is 378 g/mol. The molecule has 0 amide bonds. The van der Waals surface area contributed by atoms with Crippen molar-refractivity contribution in [3.8, 4) is 0 Å². The van der Waals surface area contributed by atoms with Gasteiger partial charge in [0.1, 0.15) is 12.7 Å². The average molecular weight is 399 g/mol. The van der Waals surface area contributed by atoms with Crippen molar-refractivity contribution >= 4 is 20.0 Å². The molecule has 1 aromatic heterocycles. The molecule has 0 spiro atoms. The Hall–Kier alpha value is -1.82. The molecule has 2 aromatic rings. The number of nitrogens with one attached hydrogen (secondary N) is 1. The molecule has 26 heavy (non-hydrogen) atoms. The molecule has 142 valence electrons. The van der Waals surface area contributed by atoms with Crippen LogP contribution >= 0.6 is 0 Å². The van der Waals surface area contributed by atoms with E-state index >= 15 is 0 Å². The second-order valence-corrected chi connectivity index (χ2v) is 9.87. The van der Waals surface area contributed by atoms with Gasteiger partial charge < -0.3 is 0 Å². The zero-order valence-corrected chi connectivity index (χ0v) is 15.9. The standard InChI is InChI=1S/C15H21N5O4S2/c1-13(10-19-12-16-11-17-19)18-25(21,22)14-4-6-15(7-5-14)26(23,24)20-8-2-3-9-20/h4-7,11-13,18H,2-3,8-10H2,1H3. The first-order chi connectivity index (χ1) is 12.3. The van der Waals surface area contributed by atoms with Crippen molar-refractivity contribution < 1.29 is 16.8 Å². The van der Waals surface area contributed by atoms with E-state index in [-0.39, 0.29) is 9.79 Å². The van der Waals surface area contributed by atoms with E-state index in [0.717, 1.165) is 12.8 Å². The summed E-state index contributed by atoms with van der Waals surface area (Å²) >= 11 is 0. The third-order valence-electron chi connectivity index (χ3n) is 4.12. The Bertz CT molecular complexity index is 934. The number of rotatable bonds is 7. The Labute approximate surface area is 153 Å². The fourth-order valence-corrected chi connectivity index (χ4v) is 5.60. The number of sulfonamides is 2. The van der Waals surface area contributed by atoms with E-state index in [1.54, 1.807) is 6.92 Å². The molecule has 0 radical (unpaired) electrons. The summed E-state index contributed by atoms with van der Waals surface area (Å²) in [4.78, 5) is 3.93. The van der Waals surface area contributed by atoms with Crippen LogP contribution < -0.4 is 4.72 Å². The highest BCUT2D eigenvalue weighted by molar-refractivity contribution is 7.89. The first kappa shape index (κ1) is 19.0. The highest BCUT2D eigenvalue weighted by atomic mass is 32.2. The molecule has 3 rings (SSSR count). The van der Waals surface area contributed by atoms with E-state index < -0.39 is 26.1 Å². The molecule has 0 bridgehead atoms. The van der Waals surface area contributed by atoms with Crippen molar-refractivity contribution in [2.24, 2.45) is 0 Å². The quantitative estimate of drug-likeness (QED) is 0.722. The Morgan fingerprint density at radius 3 is 2.27 bits per heavy atom. The predicted octanol–water partition coefficient (Wildman–Crippen LogP) is 0.430. The lowest BCUT2D eigenvalue weighted by Crippen LogP contribution is -2.35. The van der Waals surface area contributed by atoms with E-state index in [2.05, 4.69) is 14.8 Å². The highest BCUT2D eigenvalue weighted by Crippen LogP contribution is 2.22. The van der Waals surface area contributed by atoms with Crippen molar-refractivity contribution in [1.82, 2.24) is 23.8 Å². The topological polar surface area (TPSA) is 114 Å². The largest absolute Gasteiger partial charge is 0.251 e. The first-order valence-electron chi connectivity index (χ1n) is 8.24. The van der Waals surface area contributed by atoms with Gasteiger partial charge >= 0.3 is 0 Å². The van der Waals surface area contributed by atoms with Crippen molar-refractivity contribution in [3.05, 3.63) is 36.9 Å². The molecule has 11 heteroatoms. The summed E-state index contributed by atoms with van der Waals surface area (Å²) in [6.45, 7) is 3.06. The molecule has 1 saturated heterocycles. The molecule has 9 nitrogen and oxygen atoms in total. The fourth-order valence-electron chi connectivity index (χ4n) is 2.85. The molecule has 2 heterocycles. The van der Waals surface area contributed by atoms with Crippen LogP contribution in [-0.4, -0.2) is 55.0 Å². The number of nitrogens with zero attached hydrogens (tertiary/aromatic N) is 4. The van der Waals surface area contributed by atoms with E-state index in [1.807, 2.05) is 0 Å². The van der Waals surface area contributed by atoms with Gasteiger partial charge in [0, 0.05) is 19.1 Å². The Morgan fingerprint density at radius 2 is 1.69 bits per heavy atom. The molecule has 0 saturated carbocycles. The third kappa shape index (κ3) is 4.11. The Kier molecular flexibility index (Phi) is 5.42. The molecule has 1 aliphatic heterocycles. The van der Waals surface area contributed by atoms with Crippen LogP contribution in [0.1, 0.15) is 19.8 Å². The van der Waals surface area contributed by atoms with Crippen molar-refractivity contribution in [2.75, 3.05) is 13.1 Å². The lowest BCUT2D eigenvalue weighted by Gasteiger charge is -2.16. The van der Waals surface area contributed by atoms with Gasteiger partial charge in [-0.3, -0.25) is 4.68 Å². The minimum atomic E-state index is -3.76. The van der Waals surface area contributed by atoms with Crippen LogP contribution in [0.4, 0.5) is 0 Å². The van der Waals surface area contributed by atoms with E-state index in [0.29, 0.717) is 19.6 Å². The summed E-state index contributed by atoms with van der Waals surface area (Å²) in [5.74, 6) is 0. The van der Waals surface area contributed by atoms with Crippen molar-refractivity contribution in [2.45, 2.75) is 42.1 Å². The van der Waals surface area contributed by atoms with Crippen LogP contribution in [-0.2, 0) is 26.6 Å². The monoisotopic (exact) mass is 399 g/mol. The van der Waals surface area contributed by atoms with Gasteiger partial charge in [0.05, 0.1) is 16.3 Å². The first-order valence-corrected chi connectivity index (χ1v) is 11.2. The third-order valence-corrected chi connectivity index (χ3v) is 7.64. The van der Waals surface area contributed by atoms with Crippen LogP contribution in [0.15, 0.2) is 46.7 Å². The van der Waals surface area contributed by atoms with E-state index in [4.69, 9.17) is 0 Å². The SMILES string of the molecule is CC(Cn1cncn1)NS(=O)(=O)c1ccc(S(=O)(=O)N2CCCC2)cc1. The molecule has 0 aliphatic carbocycles. The number of benzene rings is 1. The number of aromatic nitrogens is 3. The van der Waals surface area contributed by atoms with Gasteiger partial charge in [-0.2, -0.15) is 9.40 Å². The molecule has 1 unspecified atom stereocenters. The maximum absolute atomic E-state index is 12.5. The predicted molar refractivity (Wildman–Crippen MR) is 94.2 cm³/mol. The normalized spacial score (nSPS) is 17.4. The fraction of sp³-hybridized carbons (Fsp3) is 0.467. The van der Waals surface area contributed by atoms with Gasteiger partial charge in [-0.15, -0.1) is 0 Å². The smallest absolute Gasteiger partial charge is 0.243 e. The van der Waals surface area contributed by atoms with Crippen LogP contribution in [0.2, 0.25) is 0 Å². The van der Waals surface area contributed by atoms with Crippen LogP contribution in [0.5, 0.6) is 0 Å². The minimum Gasteiger partial charge on any atom is -0.251 e. The highest BCUT2D eigenvalue weighted by Gasteiger charge is 2.27. The van der Waals surface area contributed by atoms with E-state index in [9.17, 15) is 16.8 Å². The molecule has 1 aliphatic rings. The van der Waals surface area contributed by atoms with Gasteiger partial charge in [0.2, 0.25) is 20.0 Å². The summed E-state index contributed by atoms with van der Waals surface area (Å²) in [6.07, 6.45) is 4.57. The zero-order chi connectivity index (χ0) is 18.8. The van der Waals surface area contributed by atoms with Gasteiger partial charge in [0.25, 0.3) is 0 Å². The van der Waals surface area contributed by atoms with Crippen LogP contribution in [0, 0.1) is 0 Å². The van der Waals surface area contributed by atoms with Crippen molar-refractivity contribution in [1.29, 1.82) is 0 Å². The Morgan fingerprint density at radius 1 is 1.08 bits per heavy atom. The molecular formula is C15H21N5O4S2. The van der Waals surface area contributed by atoms with Crippen molar-refractivity contribution in [3.63, 3.8) is 0 Å². The molecule has 1 aromatic carbocycles. The Balaban J connectivity index is 1.72. The minimum absolute atomic E-state index is 0.0170.